The molecule has 7 heteroatoms. The number of methoxy groups -OCH3 is 2. The zero-order chi connectivity index (χ0) is 19.6. The zero-order valence-corrected chi connectivity index (χ0v) is 16.5. The molecule has 27 heavy (non-hydrogen) atoms. The van der Waals surface area contributed by atoms with E-state index in [-0.39, 0.29) is 17.8 Å². The molecule has 0 N–H and O–H groups in total. The van der Waals surface area contributed by atoms with Crippen LogP contribution in [0.1, 0.15) is 12.5 Å². The van der Waals surface area contributed by atoms with Crippen LogP contribution in [0.5, 0.6) is 5.75 Å². The summed E-state index contributed by atoms with van der Waals surface area (Å²) in [5, 5.41) is 0. The number of hydrogen-bond acceptors (Lipinski definition) is 6. The second kappa shape index (κ2) is 10.9. The van der Waals surface area contributed by atoms with Crippen LogP contribution in [0.25, 0.3) is 0 Å². The molecule has 0 radical (unpaired) electrons. The number of carbonyl (C=O) groups excluding carboxylic acids is 2. The van der Waals surface area contributed by atoms with Gasteiger partial charge in [-0.3, -0.25) is 14.5 Å². The SMILES string of the molecule is COC(=O)C(C)CN(CCN1CCOCC1)C(=O)Cc1ccc(OC)cc1. The summed E-state index contributed by atoms with van der Waals surface area (Å²) in [5.74, 6) is 0.0991. The Bertz CT molecular complexity index is 599. The van der Waals surface area contributed by atoms with E-state index < -0.39 is 0 Å². The lowest BCUT2D eigenvalue weighted by Gasteiger charge is -2.31. The van der Waals surface area contributed by atoms with Crippen LogP contribution < -0.4 is 4.74 Å². The first-order valence-corrected chi connectivity index (χ1v) is 9.32. The largest absolute Gasteiger partial charge is 0.497 e. The third-order valence-corrected chi connectivity index (χ3v) is 4.75. The van der Waals surface area contributed by atoms with Gasteiger partial charge in [0.15, 0.2) is 0 Å². The highest BCUT2D eigenvalue weighted by molar-refractivity contribution is 5.80. The molecule has 1 aromatic carbocycles. The number of rotatable bonds is 9. The highest BCUT2D eigenvalue weighted by Crippen LogP contribution is 2.13. The van der Waals surface area contributed by atoms with Gasteiger partial charge >= 0.3 is 5.97 Å². The molecule has 7 nitrogen and oxygen atoms in total. The summed E-state index contributed by atoms with van der Waals surface area (Å²) in [6.07, 6.45) is 0.293. The molecule has 1 fully saturated rings. The maximum absolute atomic E-state index is 12.9. The molecule has 1 saturated heterocycles. The quantitative estimate of drug-likeness (QED) is 0.602. The summed E-state index contributed by atoms with van der Waals surface area (Å²) >= 11 is 0. The van der Waals surface area contributed by atoms with Gasteiger partial charge in [-0.25, -0.2) is 0 Å². The van der Waals surface area contributed by atoms with Gasteiger partial charge in [0.1, 0.15) is 5.75 Å². The summed E-state index contributed by atoms with van der Waals surface area (Å²) < 4.78 is 15.3. The molecule has 1 unspecified atom stereocenters. The minimum absolute atomic E-state index is 0.00387. The van der Waals surface area contributed by atoms with Crippen molar-refractivity contribution in [3.05, 3.63) is 29.8 Å². The summed E-state index contributed by atoms with van der Waals surface area (Å²) in [6, 6.07) is 7.47. The van der Waals surface area contributed by atoms with Crippen molar-refractivity contribution in [1.29, 1.82) is 0 Å². The second-order valence-corrected chi connectivity index (χ2v) is 6.74. The first-order valence-electron chi connectivity index (χ1n) is 9.32. The predicted octanol–water partition coefficient (Wildman–Crippen LogP) is 1.21. The Kier molecular flexibility index (Phi) is 8.54. The molecule has 0 aliphatic carbocycles. The van der Waals surface area contributed by atoms with E-state index in [1.54, 1.807) is 18.9 Å². The van der Waals surface area contributed by atoms with E-state index in [4.69, 9.17) is 14.2 Å². The van der Waals surface area contributed by atoms with Crippen molar-refractivity contribution >= 4 is 11.9 Å². The van der Waals surface area contributed by atoms with E-state index in [0.717, 1.165) is 44.2 Å². The molecule has 0 bridgehead atoms. The molecule has 0 spiro atoms. The lowest BCUT2D eigenvalue weighted by Crippen LogP contribution is -2.45. The molecule has 2 rings (SSSR count). The van der Waals surface area contributed by atoms with Gasteiger partial charge in [-0.2, -0.15) is 0 Å². The summed E-state index contributed by atoms with van der Waals surface area (Å²) in [7, 11) is 2.98. The Labute approximate surface area is 161 Å². The van der Waals surface area contributed by atoms with E-state index in [1.165, 1.54) is 7.11 Å². The Morgan fingerprint density at radius 1 is 1.19 bits per heavy atom. The van der Waals surface area contributed by atoms with Gasteiger partial charge in [-0.1, -0.05) is 19.1 Å². The van der Waals surface area contributed by atoms with Gasteiger partial charge in [-0.05, 0) is 17.7 Å². The minimum Gasteiger partial charge on any atom is -0.497 e. The number of amides is 1. The summed E-state index contributed by atoms with van der Waals surface area (Å²) in [4.78, 5) is 28.7. The predicted molar refractivity (Wildman–Crippen MR) is 102 cm³/mol. The third-order valence-electron chi connectivity index (χ3n) is 4.75. The average molecular weight is 378 g/mol. The molecule has 0 saturated carbocycles. The lowest BCUT2D eigenvalue weighted by atomic mass is 10.1. The van der Waals surface area contributed by atoms with Crippen molar-refractivity contribution < 1.29 is 23.8 Å². The standard InChI is InChI=1S/C20H30N2O5/c1-16(20(24)26-3)15-22(9-8-21-10-12-27-13-11-21)19(23)14-17-4-6-18(25-2)7-5-17/h4-7,16H,8-15H2,1-3H3. The van der Waals surface area contributed by atoms with Gasteiger partial charge in [0.25, 0.3) is 0 Å². The van der Waals surface area contributed by atoms with Crippen molar-refractivity contribution in [3.63, 3.8) is 0 Å². The van der Waals surface area contributed by atoms with Gasteiger partial charge in [-0.15, -0.1) is 0 Å². The van der Waals surface area contributed by atoms with E-state index in [0.29, 0.717) is 19.5 Å². The Morgan fingerprint density at radius 2 is 1.85 bits per heavy atom. The van der Waals surface area contributed by atoms with Gasteiger partial charge in [0.2, 0.25) is 5.91 Å². The minimum atomic E-state index is -0.362. The van der Waals surface area contributed by atoms with Gasteiger partial charge in [0, 0.05) is 32.7 Å². The topological polar surface area (TPSA) is 68.3 Å². The van der Waals surface area contributed by atoms with Crippen molar-refractivity contribution in [3.8, 4) is 5.75 Å². The summed E-state index contributed by atoms with van der Waals surface area (Å²) in [6.45, 7) is 6.67. The summed E-state index contributed by atoms with van der Waals surface area (Å²) in [5.41, 5.74) is 0.919. The Hall–Kier alpha value is -2.12. The van der Waals surface area contributed by atoms with Crippen molar-refractivity contribution in [2.45, 2.75) is 13.3 Å². The lowest BCUT2D eigenvalue weighted by molar-refractivity contribution is -0.146. The molecule has 1 aliphatic heterocycles. The van der Waals surface area contributed by atoms with Crippen LogP contribution in [0, 0.1) is 5.92 Å². The average Bonchev–Trinajstić information content (AvgIpc) is 2.71. The highest BCUT2D eigenvalue weighted by atomic mass is 16.5. The molecule has 1 amide bonds. The van der Waals surface area contributed by atoms with Crippen LogP contribution in [-0.4, -0.2) is 81.8 Å². The highest BCUT2D eigenvalue weighted by Gasteiger charge is 2.22. The second-order valence-electron chi connectivity index (χ2n) is 6.74. The van der Waals surface area contributed by atoms with E-state index in [1.807, 2.05) is 24.3 Å². The molecule has 1 atom stereocenters. The van der Waals surface area contributed by atoms with Crippen molar-refractivity contribution in [1.82, 2.24) is 9.80 Å². The third kappa shape index (κ3) is 6.84. The first kappa shape index (κ1) is 21.2. The van der Waals surface area contributed by atoms with Crippen LogP contribution in [0.15, 0.2) is 24.3 Å². The van der Waals surface area contributed by atoms with Crippen LogP contribution in [-0.2, 0) is 25.5 Å². The molecular weight excluding hydrogens is 348 g/mol. The Morgan fingerprint density at radius 3 is 2.44 bits per heavy atom. The molecule has 1 aromatic rings. The number of morpholine rings is 1. The Balaban J connectivity index is 1.98. The number of esters is 1. The monoisotopic (exact) mass is 378 g/mol. The fourth-order valence-corrected chi connectivity index (χ4v) is 3.04. The van der Waals surface area contributed by atoms with E-state index in [9.17, 15) is 9.59 Å². The maximum Gasteiger partial charge on any atom is 0.310 e. The van der Waals surface area contributed by atoms with E-state index in [2.05, 4.69) is 4.90 Å². The van der Waals surface area contributed by atoms with Gasteiger partial charge < -0.3 is 19.1 Å². The molecule has 0 aromatic heterocycles. The van der Waals surface area contributed by atoms with Crippen LogP contribution in [0.2, 0.25) is 0 Å². The van der Waals surface area contributed by atoms with Crippen molar-refractivity contribution in [2.24, 2.45) is 5.92 Å². The normalized spacial score (nSPS) is 15.8. The molecule has 1 heterocycles. The fourth-order valence-electron chi connectivity index (χ4n) is 3.04. The molecule has 1 aliphatic rings. The maximum atomic E-state index is 12.9. The van der Waals surface area contributed by atoms with E-state index >= 15 is 0 Å². The number of carbonyl (C=O) groups is 2. The van der Waals surface area contributed by atoms with Gasteiger partial charge in [0.05, 0.1) is 39.8 Å². The van der Waals surface area contributed by atoms with Crippen LogP contribution >= 0.6 is 0 Å². The molecule has 150 valence electrons. The fraction of sp³-hybridized carbons (Fsp3) is 0.600. The number of hydrogen-bond donors (Lipinski definition) is 0. The smallest absolute Gasteiger partial charge is 0.310 e. The van der Waals surface area contributed by atoms with Crippen LogP contribution in [0.3, 0.4) is 0 Å². The van der Waals surface area contributed by atoms with Crippen molar-refractivity contribution in [2.75, 3.05) is 60.2 Å². The zero-order valence-electron chi connectivity index (χ0n) is 16.5. The first-order chi connectivity index (χ1) is 13.0. The molecular formula is C20H30N2O5. The van der Waals surface area contributed by atoms with Crippen LogP contribution in [0.4, 0.5) is 0 Å². The number of nitrogens with zero attached hydrogens (tertiary/aromatic N) is 2. The number of ether oxygens (including phenoxy) is 3. The number of benzene rings is 1.